The van der Waals surface area contributed by atoms with Gasteiger partial charge in [-0.05, 0) is 30.4 Å². The number of hydroxylamine groups is 1. The Kier molecular flexibility index (Phi) is 7.69. The highest BCUT2D eigenvalue weighted by atomic mass is 16.5. The number of hydrogen-bond donors (Lipinski definition) is 4. The molecule has 0 saturated heterocycles. The van der Waals surface area contributed by atoms with Gasteiger partial charge in [-0.25, -0.2) is 5.48 Å². The molecular weight excluding hydrogens is 360 g/mol. The first kappa shape index (κ1) is 21.6. The Hall–Kier alpha value is -2.74. The Balaban J connectivity index is 2.10. The van der Waals surface area contributed by atoms with Gasteiger partial charge in [-0.3, -0.25) is 24.6 Å². The van der Waals surface area contributed by atoms with E-state index in [9.17, 15) is 14.4 Å². The average Bonchev–Trinajstić information content (AvgIpc) is 3.08. The van der Waals surface area contributed by atoms with Gasteiger partial charge in [0.15, 0.2) is 0 Å². The molecule has 3 amide bonds. The van der Waals surface area contributed by atoms with E-state index in [4.69, 9.17) is 5.21 Å². The van der Waals surface area contributed by atoms with Gasteiger partial charge in [0.05, 0.1) is 5.71 Å². The van der Waals surface area contributed by atoms with Crippen LogP contribution in [-0.2, 0) is 14.4 Å². The fraction of sp³-hybridized carbons (Fsp3) is 0.500. The first-order valence-corrected chi connectivity index (χ1v) is 9.44. The van der Waals surface area contributed by atoms with Crippen molar-refractivity contribution in [1.82, 2.24) is 16.1 Å². The normalized spacial score (nSPS) is 17.1. The Bertz CT molecular complexity index is 749. The molecule has 0 unspecified atom stereocenters. The fourth-order valence-electron chi connectivity index (χ4n) is 3.36. The van der Waals surface area contributed by atoms with Gasteiger partial charge in [0.1, 0.15) is 6.04 Å². The molecule has 0 fully saturated rings. The molecule has 0 radical (unpaired) electrons. The number of carbonyl (C=O) groups is 3. The third-order valence-corrected chi connectivity index (χ3v) is 4.70. The molecule has 0 aromatic carbocycles. The highest BCUT2D eigenvalue weighted by Crippen LogP contribution is 2.27. The van der Waals surface area contributed by atoms with Crippen LogP contribution in [0.5, 0.6) is 0 Å². The first-order chi connectivity index (χ1) is 13.3. The first-order valence-electron chi connectivity index (χ1n) is 9.44. The van der Waals surface area contributed by atoms with Crippen LogP contribution in [0.4, 0.5) is 0 Å². The molecule has 2 aliphatic rings. The van der Waals surface area contributed by atoms with Crippen molar-refractivity contribution in [2.45, 2.75) is 45.6 Å². The molecule has 0 bridgehead atoms. The number of carbonyl (C=O) groups excluding carboxylic acids is 3. The van der Waals surface area contributed by atoms with E-state index in [-0.39, 0.29) is 24.2 Å². The van der Waals surface area contributed by atoms with Crippen LogP contribution in [0.1, 0.15) is 39.5 Å². The van der Waals surface area contributed by atoms with Crippen molar-refractivity contribution in [3.8, 4) is 0 Å². The minimum atomic E-state index is -0.781. The maximum atomic E-state index is 12.8. The second-order valence-electron chi connectivity index (χ2n) is 7.37. The van der Waals surface area contributed by atoms with Gasteiger partial charge in [0, 0.05) is 37.6 Å². The molecule has 0 aromatic heterocycles. The second kappa shape index (κ2) is 9.98. The monoisotopic (exact) mass is 388 g/mol. The second-order valence-corrected chi connectivity index (χ2v) is 7.37. The zero-order valence-corrected chi connectivity index (χ0v) is 16.5. The molecular formula is C20H28N4O4. The third kappa shape index (κ3) is 5.63. The van der Waals surface area contributed by atoms with E-state index < -0.39 is 17.9 Å². The number of nitrogens with one attached hydrogen (secondary N) is 3. The number of amides is 3. The molecule has 8 nitrogen and oxygen atoms in total. The molecule has 1 aliphatic heterocycles. The van der Waals surface area contributed by atoms with Gasteiger partial charge in [0.2, 0.25) is 17.7 Å². The Morgan fingerprint density at radius 3 is 2.64 bits per heavy atom. The quantitative estimate of drug-likeness (QED) is 0.352. The van der Waals surface area contributed by atoms with Gasteiger partial charge in [-0.2, -0.15) is 0 Å². The fourth-order valence-corrected chi connectivity index (χ4v) is 3.36. The van der Waals surface area contributed by atoms with Gasteiger partial charge in [-0.15, -0.1) is 0 Å². The number of rotatable bonds is 9. The van der Waals surface area contributed by atoms with E-state index in [0.29, 0.717) is 12.8 Å². The van der Waals surface area contributed by atoms with Crippen molar-refractivity contribution >= 4 is 23.4 Å². The highest BCUT2D eigenvalue weighted by Gasteiger charge is 2.29. The molecule has 1 aliphatic carbocycles. The van der Waals surface area contributed by atoms with Gasteiger partial charge in [0.25, 0.3) is 0 Å². The molecule has 2 atom stereocenters. The predicted octanol–water partition coefficient (Wildman–Crippen LogP) is 1.39. The third-order valence-electron chi connectivity index (χ3n) is 4.70. The van der Waals surface area contributed by atoms with E-state index >= 15 is 0 Å². The summed E-state index contributed by atoms with van der Waals surface area (Å²) in [6, 6.07) is -0.781. The summed E-state index contributed by atoms with van der Waals surface area (Å²) in [6.45, 7) is 3.89. The van der Waals surface area contributed by atoms with Gasteiger partial charge < -0.3 is 10.6 Å². The summed E-state index contributed by atoms with van der Waals surface area (Å²) in [6.07, 6.45) is 9.15. The number of nitrogens with zero attached hydrogens (tertiary/aromatic N) is 1. The van der Waals surface area contributed by atoms with Crippen molar-refractivity contribution in [3.05, 3.63) is 35.6 Å². The van der Waals surface area contributed by atoms with E-state index in [1.165, 1.54) is 7.05 Å². The molecule has 1 heterocycles. The maximum absolute atomic E-state index is 12.8. The standard InChI is InChI=1S/C20H28N4O4/c1-12(2)8-13(10-18(25)24-28)19(26)23-17(20(27)21-3)9-14-11-22-16-7-5-4-6-15(14)16/h5-7,11-13,17,28H,4,8-10H2,1-3H3,(H,21,27)(H,23,26)(H,24,25)/t13-,17-/m0/s1. The number of hydrogen-bond acceptors (Lipinski definition) is 5. The van der Waals surface area contributed by atoms with Crippen LogP contribution >= 0.6 is 0 Å². The van der Waals surface area contributed by atoms with Crippen molar-refractivity contribution in [1.29, 1.82) is 0 Å². The molecule has 0 spiro atoms. The molecule has 28 heavy (non-hydrogen) atoms. The summed E-state index contributed by atoms with van der Waals surface area (Å²) in [5.74, 6) is -1.80. The largest absolute Gasteiger partial charge is 0.357 e. The number of allylic oxidation sites excluding steroid dienone is 4. The molecule has 4 N–H and O–H groups in total. The van der Waals surface area contributed by atoms with E-state index in [2.05, 4.69) is 15.6 Å². The molecule has 2 rings (SSSR count). The van der Waals surface area contributed by atoms with E-state index in [1.54, 1.807) is 11.7 Å². The Morgan fingerprint density at radius 2 is 2.00 bits per heavy atom. The summed E-state index contributed by atoms with van der Waals surface area (Å²) in [5.41, 5.74) is 4.31. The summed E-state index contributed by atoms with van der Waals surface area (Å²) in [5, 5.41) is 14.1. The van der Waals surface area contributed by atoms with Crippen molar-refractivity contribution in [3.63, 3.8) is 0 Å². The zero-order chi connectivity index (χ0) is 20.7. The van der Waals surface area contributed by atoms with Crippen molar-refractivity contribution < 1.29 is 19.6 Å². The summed E-state index contributed by atoms with van der Waals surface area (Å²) in [4.78, 5) is 41.1. The lowest BCUT2D eigenvalue weighted by molar-refractivity contribution is -0.136. The van der Waals surface area contributed by atoms with Crippen molar-refractivity contribution in [2.75, 3.05) is 7.05 Å². The maximum Gasteiger partial charge on any atom is 0.244 e. The Morgan fingerprint density at radius 1 is 1.25 bits per heavy atom. The summed E-state index contributed by atoms with van der Waals surface area (Å²) in [7, 11) is 1.51. The zero-order valence-electron chi connectivity index (χ0n) is 16.5. The smallest absolute Gasteiger partial charge is 0.244 e. The molecule has 0 saturated carbocycles. The molecule has 152 valence electrons. The highest BCUT2D eigenvalue weighted by molar-refractivity contribution is 6.14. The summed E-state index contributed by atoms with van der Waals surface area (Å²) >= 11 is 0. The SMILES string of the molecule is CNC(=O)[C@H](CC1=CN=C2C=CCC=C12)NC(=O)[C@H](CC(=O)NO)CC(C)C. The number of fused-ring (bicyclic) bond motifs is 1. The lowest BCUT2D eigenvalue weighted by Gasteiger charge is -2.23. The van der Waals surface area contributed by atoms with Gasteiger partial charge >= 0.3 is 0 Å². The lowest BCUT2D eigenvalue weighted by atomic mass is 9.91. The number of aliphatic imine (C=N–C) groups is 1. The average molecular weight is 388 g/mol. The topological polar surface area (TPSA) is 120 Å². The van der Waals surface area contributed by atoms with Crippen LogP contribution < -0.4 is 16.1 Å². The predicted molar refractivity (Wildman–Crippen MR) is 105 cm³/mol. The minimum absolute atomic E-state index is 0.146. The lowest BCUT2D eigenvalue weighted by Crippen LogP contribution is -2.48. The molecule has 8 heteroatoms. The van der Waals surface area contributed by atoms with Crippen LogP contribution in [0.3, 0.4) is 0 Å². The van der Waals surface area contributed by atoms with Crippen LogP contribution in [-0.4, -0.2) is 41.7 Å². The Labute approximate surface area is 164 Å². The van der Waals surface area contributed by atoms with Crippen LogP contribution in [0, 0.1) is 11.8 Å². The summed E-state index contributed by atoms with van der Waals surface area (Å²) < 4.78 is 0. The molecule has 0 aromatic rings. The van der Waals surface area contributed by atoms with E-state index in [1.807, 2.05) is 32.1 Å². The minimum Gasteiger partial charge on any atom is -0.357 e. The van der Waals surface area contributed by atoms with Crippen LogP contribution in [0.25, 0.3) is 0 Å². The van der Waals surface area contributed by atoms with Gasteiger partial charge in [-0.1, -0.05) is 26.0 Å². The van der Waals surface area contributed by atoms with Crippen LogP contribution in [0.15, 0.2) is 40.6 Å². The van der Waals surface area contributed by atoms with Crippen LogP contribution in [0.2, 0.25) is 0 Å². The van der Waals surface area contributed by atoms with Crippen molar-refractivity contribution in [2.24, 2.45) is 16.8 Å². The number of likely N-dealkylation sites (N-methyl/N-ethyl adjacent to an activating group) is 1. The van der Waals surface area contributed by atoms with E-state index in [0.717, 1.165) is 23.3 Å².